The van der Waals surface area contributed by atoms with Crippen molar-refractivity contribution in [3.05, 3.63) is 0 Å². The molecule has 0 aromatic heterocycles. The van der Waals surface area contributed by atoms with Crippen molar-refractivity contribution in [1.29, 1.82) is 0 Å². The summed E-state index contributed by atoms with van der Waals surface area (Å²) in [5.41, 5.74) is 0. The minimum absolute atomic E-state index is 0.0855. The minimum atomic E-state index is -3.60. The highest BCUT2D eigenvalue weighted by Crippen LogP contribution is 2.38. The van der Waals surface area contributed by atoms with Gasteiger partial charge in [0.2, 0.25) is 17.7 Å². The summed E-state index contributed by atoms with van der Waals surface area (Å²) in [7, 11) is -3.60. The number of rotatable bonds is 5. The van der Waals surface area contributed by atoms with Crippen LogP contribution in [0.2, 0.25) is 0 Å². The van der Waals surface area contributed by atoms with Gasteiger partial charge in [0, 0.05) is 52.2 Å². The summed E-state index contributed by atoms with van der Waals surface area (Å²) in [6, 6.07) is 0. The summed E-state index contributed by atoms with van der Waals surface area (Å²) in [6.45, 7) is 5.57. The first kappa shape index (κ1) is 23.6. The van der Waals surface area contributed by atoms with Gasteiger partial charge in [-0.3, -0.25) is 19.3 Å². The lowest BCUT2D eigenvalue weighted by molar-refractivity contribution is -0.141. The summed E-state index contributed by atoms with van der Waals surface area (Å²) >= 11 is 0. The SMILES string of the molecule is C[C@@H]1CN(S(=O)(=O)N2CCN(C(=O)CCN3C(=O)[C@@H]4CCCC[C@H]4C3=O)CC2)C[C@@H](C)O1. The van der Waals surface area contributed by atoms with Crippen LogP contribution in [0.4, 0.5) is 0 Å². The zero-order valence-electron chi connectivity index (χ0n) is 18.9. The second kappa shape index (κ2) is 9.36. The summed E-state index contributed by atoms with van der Waals surface area (Å²) in [5.74, 6) is -0.808. The van der Waals surface area contributed by atoms with Crippen LogP contribution in [-0.2, 0) is 29.3 Å². The van der Waals surface area contributed by atoms with Crippen LogP contribution >= 0.6 is 0 Å². The molecule has 1 saturated carbocycles. The molecule has 4 fully saturated rings. The molecule has 0 unspecified atom stereocenters. The highest BCUT2D eigenvalue weighted by Gasteiger charge is 2.48. The van der Waals surface area contributed by atoms with Gasteiger partial charge in [0.1, 0.15) is 0 Å². The number of nitrogens with zero attached hydrogens (tertiary/aromatic N) is 4. The zero-order chi connectivity index (χ0) is 23.0. The number of carbonyl (C=O) groups excluding carboxylic acids is 3. The normalized spacial score (nSPS) is 32.9. The Labute approximate surface area is 190 Å². The average Bonchev–Trinajstić information content (AvgIpc) is 3.01. The third kappa shape index (κ3) is 4.57. The van der Waals surface area contributed by atoms with Gasteiger partial charge >= 0.3 is 0 Å². The Kier molecular flexibility index (Phi) is 6.90. The van der Waals surface area contributed by atoms with Crippen molar-refractivity contribution >= 4 is 27.9 Å². The summed E-state index contributed by atoms with van der Waals surface area (Å²) in [5, 5.41) is 0. The Hall–Kier alpha value is -1.56. The molecule has 4 aliphatic rings. The number of piperazine rings is 1. The van der Waals surface area contributed by atoms with Crippen molar-refractivity contribution in [2.75, 3.05) is 45.8 Å². The van der Waals surface area contributed by atoms with Crippen LogP contribution in [0, 0.1) is 11.8 Å². The van der Waals surface area contributed by atoms with E-state index in [9.17, 15) is 22.8 Å². The Morgan fingerprint density at radius 1 is 0.906 bits per heavy atom. The van der Waals surface area contributed by atoms with Crippen molar-refractivity contribution in [1.82, 2.24) is 18.4 Å². The molecule has 0 bridgehead atoms. The first-order valence-corrected chi connectivity index (χ1v) is 13.1. The lowest BCUT2D eigenvalue weighted by atomic mass is 9.81. The Morgan fingerprint density at radius 3 is 1.97 bits per heavy atom. The Balaban J connectivity index is 1.27. The van der Waals surface area contributed by atoms with Crippen LogP contribution in [0.3, 0.4) is 0 Å². The molecule has 10 nitrogen and oxygen atoms in total. The van der Waals surface area contributed by atoms with E-state index in [-0.39, 0.29) is 67.8 Å². The van der Waals surface area contributed by atoms with Crippen molar-refractivity contribution < 1.29 is 27.5 Å². The molecular formula is C21H34N4O6S. The van der Waals surface area contributed by atoms with E-state index in [1.165, 1.54) is 13.5 Å². The van der Waals surface area contributed by atoms with Crippen LogP contribution < -0.4 is 0 Å². The molecule has 4 atom stereocenters. The van der Waals surface area contributed by atoms with E-state index in [4.69, 9.17) is 4.74 Å². The molecule has 3 amide bonds. The molecule has 3 aliphatic heterocycles. The van der Waals surface area contributed by atoms with Gasteiger partial charge in [-0.15, -0.1) is 0 Å². The van der Waals surface area contributed by atoms with E-state index in [1.54, 1.807) is 4.90 Å². The van der Waals surface area contributed by atoms with Gasteiger partial charge in [-0.2, -0.15) is 17.0 Å². The first-order valence-electron chi connectivity index (χ1n) is 11.7. The standard InChI is InChI=1S/C21H34N4O6S/c1-15-13-24(14-16(2)31-15)32(29,30)23-11-9-22(10-12-23)19(26)7-8-25-20(27)17-5-3-4-6-18(17)21(25)28/h15-18H,3-14H2,1-2H3/t15-,16-,17-,18-/m1/s1. The van der Waals surface area contributed by atoms with Crippen molar-refractivity contribution in [3.8, 4) is 0 Å². The predicted octanol–water partition coefficient (Wildman–Crippen LogP) is 0.0499. The van der Waals surface area contributed by atoms with Crippen LogP contribution in [0.25, 0.3) is 0 Å². The number of likely N-dealkylation sites (tertiary alicyclic amines) is 1. The molecule has 3 heterocycles. The van der Waals surface area contributed by atoms with Crippen molar-refractivity contribution in [2.45, 2.75) is 58.2 Å². The second-order valence-corrected chi connectivity index (χ2v) is 11.4. The number of imide groups is 1. The third-order valence-electron chi connectivity index (χ3n) is 7.11. The Bertz CT molecular complexity index is 822. The van der Waals surface area contributed by atoms with Crippen molar-refractivity contribution in [2.24, 2.45) is 11.8 Å². The van der Waals surface area contributed by atoms with Crippen molar-refractivity contribution in [3.63, 3.8) is 0 Å². The molecule has 0 radical (unpaired) electrons. The largest absolute Gasteiger partial charge is 0.373 e. The summed E-state index contributed by atoms with van der Waals surface area (Å²) in [4.78, 5) is 40.8. The minimum Gasteiger partial charge on any atom is -0.373 e. The van der Waals surface area contributed by atoms with E-state index in [1.807, 2.05) is 13.8 Å². The lowest BCUT2D eigenvalue weighted by Gasteiger charge is -2.40. The summed E-state index contributed by atoms with van der Waals surface area (Å²) < 4.78 is 34.6. The first-order chi connectivity index (χ1) is 15.2. The highest BCUT2D eigenvalue weighted by atomic mass is 32.2. The maximum absolute atomic E-state index is 13.0. The van der Waals surface area contributed by atoms with Crippen LogP contribution in [0.1, 0.15) is 46.0 Å². The van der Waals surface area contributed by atoms with E-state index >= 15 is 0 Å². The predicted molar refractivity (Wildman–Crippen MR) is 115 cm³/mol. The highest BCUT2D eigenvalue weighted by molar-refractivity contribution is 7.86. The van der Waals surface area contributed by atoms with E-state index in [2.05, 4.69) is 0 Å². The molecule has 11 heteroatoms. The quantitative estimate of drug-likeness (QED) is 0.526. The smallest absolute Gasteiger partial charge is 0.282 e. The van der Waals surface area contributed by atoms with Crippen LogP contribution in [-0.4, -0.2) is 103 Å². The van der Waals surface area contributed by atoms with E-state index in [0.29, 0.717) is 26.2 Å². The van der Waals surface area contributed by atoms with Crippen LogP contribution in [0.15, 0.2) is 0 Å². The number of hydrogen-bond acceptors (Lipinski definition) is 6. The number of carbonyl (C=O) groups is 3. The van der Waals surface area contributed by atoms with E-state index < -0.39 is 10.2 Å². The molecule has 180 valence electrons. The van der Waals surface area contributed by atoms with Gasteiger partial charge in [0.25, 0.3) is 10.2 Å². The van der Waals surface area contributed by atoms with Gasteiger partial charge in [-0.05, 0) is 26.7 Å². The van der Waals surface area contributed by atoms with Gasteiger partial charge in [-0.25, -0.2) is 0 Å². The zero-order valence-corrected chi connectivity index (χ0v) is 19.8. The number of amides is 3. The maximum Gasteiger partial charge on any atom is 0.282 e. The maximum atomic E-state index is 13.0. The topological polar surface area (TPSA) is 108 Å². The number of morpholine rings is 1. The monoisotopic (exact) mass is 470 g/mol. The summed E-state index contributed by atoms with van der Waals surface area (Å²) in [6.07, 6.45) is 3.24. The fraction of sp³-hybridized carbons (Fsp3) is 0.857. The fourth-order valence-electron chi connectivity index (χ4n) is 5.47. The van der Waals surface area contributed by atoms with Gasteiger partial charge in [0.15, 0.2) is 0 Å². The number of ether oxygens (including phenoxy) is 1. The lowest BCUT2D eigenvalue weighted by Crippen LogP contribution is -2.57. The molecule has 0 N–H and O–H groups in total. The number of fused-ring (bicyclic) bond motifs is 1. The molecule has 0 aromatic rings. The molecular weight excluding hydrogens is 436 g/mol. The Morgan fingerprint density at radius 2 is 1.44 bits per heavy atom. The fourth-order valence-corrected chi connectivity index (χ4v) is 7.22. The molecule has 0 spiro atoms. The molecule has 1 aliphatic carbocycles. The molecule has 3 saturated heterocycles. The third-order valence-corrected chi connectivity index (χ3v) is 9.08. The second-order valence-electron chi connectivity index (χ2n) is 9.44. The van der Waals surface area contributed by atoms with Gasteiger partial charge in [0.05, 0.1) is 24.0 Å². The van der Waals surface area contributed by atoms with Crippen LogP contribution in [0.5, 0.6) is 0 Å². The van der Waals surface area contributed by atoms with Gasteiger partial charge in [-0.1, -0.05) is 12.8 Å². The molecule has 0 aromatic carbocycles. The number of hydrogen-bond donors (Lipinski definition) is 0. The van der Waals surface area contributed by atoms with Gasteiger partial charge < -0.3 is 9.64 Å². The molecule has 4 rings (SSSR count). The molecule has 32 heavy (non-hydrogen) atoms. The van der Waals surface area contributed by atoms with E-state index in [0.717, 1.165) is 25.7 Å². The average molecular weight is 471 g/mol.